The topological polar surface area (TPSA) is 60.4 Å². The Morgan fingerprint density at radius 2 is 1.22 bits per heavy atom. The highest BCUT2D eigenvalue weighted by atomic mass is 35.5. The van der Waals surface area contributed by atoms with Gasteiger partial charge in [-0.3, -0.25) is 9.89 Å². The smallest absolute Gasteiger partial charge is 0.414 e. The van der Waals surface area contributed by atoms with E-state index in [1.165, 1.54) is 0 Å². The Kier molecular flexibility index (Phi) is 9.73. The summed E-state index contributed by atoms with van der Waals surface area (Å²) in [7, 11) is 0. The van der Waals surface area contributed by atoms with Crippen LogP contribution in [0.3, 0.4) is 0 Å². The Hall–Kier alpha value is -5.07. The third kappa shape index (κ3) is 7.91. The summed E-state index contributed by atoms with van der Waals surface area (Å²) in [6.45, 7) is 1.77. The fraction of sp³-hybridized carbons (Fsp3) is 0.158. The molecule has 1 heterocycles. The van der Waals surface area contributed by atoms with Gasteiger partial charge in [-0.05, 0) is 65.1 Å². The van der Waals surface area contributed by atoms with E-state index < -0.39 is 6.09 Å². The van der Waals surface area contributed by atoms with Gasteiger partial charge in [-0.1, -0.05) is 103 Å². The van der Waals surface area contributed by atoms with E-state index in [2.05, 4.69) is 0 Å². The fourth-order valence-electron chi connectivity index (χ4n) is 5.13. The second-order valence-corrected chi connectivity index (χ2v) is 11.1. The van der Waals surface area contributed by atoms with Crippen LogP contribution in [0.4, 0.5) is 10.5 Å². The van der Waals surface area contributed by atoms with Crippen LogP contribution in [0.15, 0.2) is 132 Å². The van der Waals surface area contributed by atoms with E-state index in [1.54, 1.807) is 17.0 Å². The minimum atomic E-state index is -0.473. The molecule has 0 N–H and O–H groups in total. The number of amides is 1. The van der Waals surface area contributed by atoms with Gasteiger partial charge in [-0.15, -0.1) is 0 Å². The van der Waals surface area contributed by atoms with Gasteiger partial charge in [-0.25, -0.2) is 4.79 Å². The van der Waals surface area contributed by atoms with Crippen molar-refractivity contribution in [3.63, 3.8) is 0 Å². The molecule has 1 amide bonds. The minimum Gasteiger partial charge on any atom is -0.485 e. The lowest BCUT2D eigenvalue weighted by Gasteiger charge is -2.26. The van der Waals surface area contributed by atoms with Gasteiger partial charge in [0.05, 0.1) is 12.3 Å². The first kappa shape index (κ1) is 30.0. The molecule has 1 aliphatic rings. The molecule has 0 saturated heterocycles. The summed E-state index contributed by atoms with van der Waals surface area (Å²) in [5.41, 5.74) is 6.46. The molecule has 0 bridgehead atoms. The Labute approximate surface area is 268 Å². The maximum absolute atomic E-state index is 13.6. The zero-order valence-corrected chi connectivity index (χ0v) is 25.5. The molecule has 6 rings (SSSR count). The first-order chi connectivity index (χ1) is 22.1. The number of carbonyl (C=O) groups excluding carboxylic acids is 1. The van der Waals surface area contributed by atoms with Crippen LogP contribution in [-0.2, 0) is 31.0 Å². The number of carbonyl (C=O) groups is 1. The molecule has 7 heteroatoms. The molecule has 0 aliphatic carbocycles. The molecule has 5 aromatic carbocycles. The van der Waals surface area contributed by atoms with Gasteiger partial charge >= 0.3 is 6.09 Å². The van der Waals surface area contributed by atoms with Gasteiger partial charge in [0, 0.05) is 22.8 Å². The molecule has 0 unspecified atom stereocenters. The van der Waals surface area contributed by atoms with E-state index in [9.17, 15) is 4.79 Å². The Morgan fingerprint density at radius 1 is 0.689 bits per heavy atom. The number of rotatable bonds is 11. The summed E-state index contributed by atoms with van der Waals surface area (Å²) in [6.07, 6.45) is 0.276. The van der Waals surface area contributed by atoms with Crippen molar-refractivity contribution in [2.75, 3.05) is 18.0 Å². The first-order valence-electron chi connectivity index (χ1n) is 14.9. The van der Waals surface area contributed by atoms with Crippen LogP contribution in [0.1, 0.15) is 27.8 Å². The van der Waals surface area contributed by atoms with Gasteiger partial charge in [-0.2, -0.15) is 0 Å². The van der Waals surface area contributed by atoms with Crippen LogP contribution in [-0.4, -0.2) is 24.9 Å². The number of halogens is 1. The Bertz CT molecular complexity index is 1740. The SMILES string of the molecule is O=C(OCc1ccccc1)N(CC1=NCCc2cc(OCc3ccccc3)c(OCc3ccccc3)cc21)c1ccc(Cl)cc1. The highest BCUT2D eigenvalue weighted by molar-refractivity contribution is 6.30. The Morgan fingerprint density at radius 3 is 1.80 bits per heavy atom. The predicted molar refractivity (Wildman–Crippen MR) is 179 cm³/mol. The van der Waals surface area contributed by atoms with Gasteiger partial charge in [0.25, 0.3) is 0 Å². The van der Waals surface area contributed by atoms with Crippen molar-refractivity contribution in [1.82, 2.24) is 0 Å². The van der Waals surface area contributed by atoms with E-state index in [0.717, 1.165) is 39.9 Å². The zero-order chi connectivity index (χ0) is 30.8. The number of hydrogen-bond donors (Lipinski definition) is 0. The predicted octanol–water partition coefficient (Wildman–Crippen LogP) is 8.69. The number of hydrogen-bond acceptors (Lipinski definition) is 5. The standard InChI is InChI=1S/C38H33ClN2O4/c39-32-16-18-33(19-17-32)41(38(42)45-27-30-14-8-3-9-15-30)24-35-34-23-37(44-26-29-12-6-2-7-13-29)36(22-31(34)20-21-40-35)43-25-28-10-4-1-5-11-28/h1-19,22-23H,20-21,24-27H2. The Balaban J connectivity index is 1.28. The van der Waals surface area contributed by atoms with Crippen molar-refractivity contribution in [3.05, 3.63) is 160 Å². The minimum absolute atomic E-state index is 0.159. The quantitative estimate of drug-likeness (QED) is 0.149. The summed E-state index contributed by atoms with van der Waals surface area (Å²) in [6, 6.07) is 40.9. The average Bonchev–Trinajstić information content (AvgIpc) is 3.09. The van der Waals surface area contributed by atoms with Crippen LogP contribution >= 0.6 is 11.6 Å². The van der Waals surface area contributed by atoms with Gasteiger partial charge in [0.2, 0.25) is 0 Å². The molecule has 226 valence electrons. The average molecular weight is 617 g/mol. The molecular formula is C38H33ClN2O4. The van der Waals surface area contributed by atoms with Crippen LogP contribution < -0.4 is 14.4 Å². The monoisotopic (exact) mass is 616 g/mol. The van der Waals surface area contributed by atoms with Crippen molar-refractivity contribution in [2.45, 2.75) is 26.2 Å². The maximum Gasteiger partial charge on any atom is 0.414 e. The third-order valence-electron chi connectivity index (χ3n) is 7.51. The van der Waals surface area contributed by atoms with Gasteiger partial charge < -0.3 is 14.2 Å². The molecule has 45 heavy (non-hydrogen) atoms. The van der Waals surface area contributed by atoms with Crippen molar-refractivity contribution < 1.29 is 19.0 Å². The number of fused-ring (bicyclic) bond motifs is 1. The van der Waals surface area contributed by atoms with E-state index in [1.807, 2.05) is 115 Å². The van der Waals surface area contributed by atoms with Crippen molar-refractivity contribution >= 4 is 29.1 Å². The number of benzene rings is 5. The van der Waals surface area contributed by atoms with E-state index in [0.29, 0.717) is 42.0 Å². The van der Waals surface area contributed by atoms with Crippen LogP contribution in [0.5, 0.6) is 11.5 Å². The highest BCUT2D eigenvalue weighted by Crippen LogP contribution is 2.35. The lowest BCUT2D eigenvalue weighted by atomic mass is 9.96. The number of nitrogens with zero attached hydrogens (tertiary/aromatic N) is 2. The zero-order valence-electron chi connectivity index (χ0n) is 24.8. The van der Waals surface area contributed by atoms with E-state index in [4.69, 9.17) is 30.8 Å². The van der Waals surface area contributed by atoms with Crippen molar-refractivity contribution in [2.24, 2.45) is 4.99 Å². The highest BCUT2D eigenvalue weighted by Gasteiger charge is 2.25. The van der Waals surface area contributed by atoms with Crippen LogP contribution in [0.2, 0.25) is 5.02 Å². The summed E-state index contributed by atoms with van der Waals surface area (Å²) >= 11 is 6.18. The van der Waals surface area contributed by atoms with Gasteiger partial charge in [0.15, 0.2) is 11.5 Å². The van der Waals surface area contributed by atoms with Gasteiger partial charge in [0.1, 0.15) is 19.8 Å². The molecule has 6 nitrogen and oxygen atoms in total. The second-order valence-electron chi connectivity index (χ2n) is 10.7. The molecular weight excluding hydrogens is 584 g/mol. The molecule has 0 fully saturated rings. The summed E-state index contributed by atoms with van der Waals surface area (Å²) in [5.74, 6) is 1.29. The molecule has 5 aromatic rings. The molecule has 0 aromatic heterocycles. The molecule has 0 atom stereocenters. The second kappa shape index (κ2) is 14.6. The lowest BCUT2D eigenvalue weighted by Crippen LogP contribution is -2.37. The summed E-state index contributed by atoms with van der Waals surface area (Å²) in [5, 5.41) is 0.583. The normalized spacial score (nSPS) is 12.1. The maximum atomic E-state index is 13.6. The van der Waals surface area contributed by atoms with Crippen molar-refractivity contribution in [3.8, 4) is 11.5 Å². The number of aliphatic imine (C=N–C) groups is 1. The van der Waals surface area contributed by atoms with Crippen LogP contribution in [0, 0.1) is 0 Å². The molecule has 0 radical (unpaired) electrons. The largest absolute Gasteiger partial charge is 0.485 e. The summed E-state index contributed by atoms with van der Waals surface area (Å²) < 4.78 is 18.5. The molecule has 1 aliphatic heterocycles. The lowest BCUT2D eigenvalue weighted by molar-refractivity contribution is 0.148. The molecule has 0 spiro atoms. The van der Waals surface area contributed by atoms with E-state index >= 15 is 0 Å². The number of ether oxygens (including phenoxy) is 3. The van der Waals surface area contributed by atoms with Crippen LogP contribution in [0.25, 0.3) is 0 Å². The summed E-state index contributed by atoms with van der Waals surface area (Å²) in [4.78, 5) is 20.0. The fourth-order valence-corrected chi connectivity index (χ4v) is 5.26. The van der Waals surface area contributed by atoms with E-state index in [-0.39, 0.29) is 13.2 Å². The number of anilines is 1. The first-order valence-corrected chi connectivity index (χ1v) is 15.3. The molecule has 0 saturated carbocycles. The third-order valence-corrected chi connectivity index (χ3v) is 7.76. The van der Waals surface area contributed by atoms with Crippen molar-refractivity contribution in [1.29, 1.82) is 0 Å².